The maximum atomic E-state index is 13.9. The first-order valence-electron chi connectivity index (χ1n) is 14.1. The lowest BCUT2D eigenvalue weighted by molar-refractivity contribution is -0.142. The molecule has 2 aromatic carbocycles. The Morgan fingerprint density at radius 3 is 1.26 bits per heavy atom. The fraction of sp³-hybridized carbons (Fsp3) is 0.312. The van der Waals surface area contributed by atoms with Crippen LogP contribution in [0.4, 0.5) is 0 Å². The number of carbonyl (C=O) groups is 4. The maximum Gasteiger partial charge on any atom is 0.328 e. The number of esters is 2. The van der Waals surface area contributed by atoms with Crippen LogP contribution in [0.2, 0.25) is 0 Å². The minimum Gasteiger partial charge on any atom is -0.504 e. The van der Waals surface area contributed by atoms with E-state index < -0.39 is 70.8 Å². The molecule has 0 aliphatic heterocycles. The lowest BCUT2D eigenvalue weighted by atomic mass is 9.75. The van der Waals surface area contributed by atoms with Crippen LogP contribution in [-0.4, -0.2) is 66.2 Å². The first kappa shape index (κ1) is 31.8. The molecule has 46 heavy (non-hydrogen) atoms. The molecule has 0 fully saturated rings. The number of ether oxygens (including phenoxy) is 2. The van der Waals surface area contributed by atoms with E-state index in [1.807, 2.05) is 0 Å². The molecule has 0 amide bonds. The van der Waals surface area contributed by atoms with Gasteiger partial charge in [0.2, 0.25) is 11.6 Å². The highest BCUT2D eigenvalue weighted by Crippen LogP contribution is 2.41. The van der Waals surface area contributed by atoms with E-state index >= 15 is 0 Å². The summed E-state index contributed by atoms with van der Waals surface area (Å²) >= 11 is 0. The molecular weight excluding hydrogens is 600 g/mol. The number of imidazole rings is 2. The molecule has 14 heteroatoms. The molecular formula is C32H32N4O10. The smallest absolute Gasteiger partial charge is 0.328 e. The molecule has 0 radical (unpaired) electrons. The van der Waals surface area contributed by atoms with Gasteiger partial charge in [0, 0.05) is 40.0 Å². The average molecular weight is 633 g/mol. The van der Waals surface area contributed by atoms with E-state index in [0.717, 1.165) is 14.2 Å². The highest BCUT2D eigenvalue weighted by molar-refractivity contribution is 6.24. The van der Waals surface area contributed by atoms with Crippen LogP contribution in [0.1, 0.15) is 35.8 Å². The van der Waals surface area contributed by atoms with Gasteiger partial charge in [0.25, 0.3) is 0 Å². The number of hydrogen-bond donors (Lipinski definition) is 2. The number of Topliss-reactive ketones (excluding diaryl/α,β-unsaturated/α-hetero) is 2. The van der Waals surface area contributed by atoms with Gasteiger partial charge in [-0.2, -0.15) is 0 Å². The number of aliphatic hydroxyl groups excluding tert-OH is 2. The predicted molar refractivity (Wildman–Crippen MR) is 164 cm³/mol. The molecule has 240 valence electrons. The molecule has 0 saturated heterocycles. The van der Waals surface area contributed by atoms with Crippen molar-refractivity contribution in [2.24, 2.45) is 28.2 Å². The second-order valence-electron chi connectivity index (χ2n) is 11.1. The Balaban J connectivity index is 1.67. The number of allylic oxidation sites excluding steroid dienone is 2. The fourth-order valence-corrected chi connectivity index (χ4v) is 6.12. The topological polar surface area (TPSA) is 181 Å². The van der Waals surface area contributed by atoms with Gasteiger partial charge in [0.1, 0.15) is 0 Å². The van der Waals surface area contributed by atoms with Gasteiger partial charge in [-0.15, -0.1) is 0 Å². The number of rotatable bonds is 8. The van der Waals surface area contributed by atoms with E-state index in [-0.39, 0.29) is 11.4 Å². The summed E-state index contributed by atoms with van der Waals surface area (Å²) in [6.45, 7) is 0. The van der Waals surface area contributed by atoms with E-state index in [1.54, 1.807) is 64.6 Å². The fourth-order valence-electron chi connectivity index (χ4n) is 6.12. The van der Waals surface area contributed by atoms with Crippen molar-refractivity contribution in [3.63, 3.8) is 0 Å². The molecule has 5 rings (SSSR count). The summed E-state index contributed by atoms with van der Waals surface area (Å²) in [6, 6.07) is 9.40. The molecule has 0 saturated carbocycles. The third-order valence-electron chi connectivity index (χ3n) is 8.72. The number of ketones is 2. The van der Waals surface area contributed by atoms with Crippen LogP contribution in [0.15, 0.2) is 68.7 Å². The number of fused-ring (bicyclic) bond motifs is 2. The summed E-state index contributed by atoms with van der Waals surface area (Å²) in [7, 11) is 8.53. The van der Waals surface area contributed by atoms with Crippen LogP contribution in [0.25, 0.3) is 22.1 Å². The summed E-state index contributed by atoms with van der Waals surface area (Å²) in [6.07, 6.45) is -0.984. The van der Waals surface area contributed by atoms with Crippen molar-refractivity contribution in [1.82, 2.24) is 18.3 Å². The Kier molecular flexibility index (Phi) is 8.07. The maximum absolute atomic E-state index is 13.9. The molecule has 1 aliphatic rings. The largest absolute Gasteiger partial charge is 0.504 e. The first-order chi connectivity index (χ1) is 21.7. The van der Waals surface area contributed by atoms with Crippen LogP contribution >= 0.6 is 0 Å². The highest BCUT2D eigenvalue weighted by atomic mass is 16.5. The second kappa shape index (κ2) is 11.7. The van der Waals surface area contributed by atoms with Gasteiger partial charge >= 0.3 is 23.3 Å². The number of methoxy groups -OCH3 is 2. The van der Waals surface area contributed by atoms with E-state index in [4.69, 9.17) is 9.47 Å². The van der Waals surface area contributed by atoms with Gasteiger partial charge in [0.15, 0.2) is 11.5 Å². The second-order valence-corrected chi connectivity index (χ2v) is 11.1. The average Bonchev–Trinajstić information content (AvgIpc) is 3.40. The van der Waals surface area contributed by atoms with Crippen molar-refractivity contribution >= 4 is 45.6 Å². The van der Waals surface area contributed by atoms with Crippen LogP contribution in [0.3, 0.4) is 0 Å². The van der Waals surface area contributed by atoms with Crippen molar-refractivity contribution in [1.29, 1.82) is 0 Å². The summed E-state index contributed by atoms with van der Waals surface area (Å²) in [4.78, 5) is 78.0. The Morgan fingerprint density at radius 1 is 0.609 bits per heavy atom. The standard InChI is InChI=1S/C32H32N4O10/c1-33-19-9-7-15(11-21(19)35(3)31(33)43)17(13-23(37)45-5)25-27(39)29(41)26(30(42)28(25)40)18(14-24(38)46-6)16-8-10-20-22(12-16)36(4)32(44)34(20)2/h7-12,17-18,39,42H,13-14H2,1-6H3/t17-,18-/m1/s1. The predicted octanol–water partition coefficient (Wildman–Crippen LogP) is 1.84. The minimum atomic E-state index is -1.26. The Bertz CT molecular complexity index is 2020. The molecule has 4 aromatic rings. The van der Waals surface area contributed by atoms with Crippen molar-refractivity contribution < 1.29 is 38.9 Å². The zero-order valence-corrected chi connectivity index (χ0v) is 26.0. The Labute approximate surface area is 261 Å². The number of aliphatic hydroxyl groups is 2. The van der Waals surface area contributed by atoms with E-state index in [9.17, 15) is 39.0 Å². The molecule has 14 nitrogen and oxygen atoms in total. The SMILES string of the molecule is COC(=O)C[C@@H](C1=C(O)C(=O)C([C@H](CC(=O)OC)c2ccc3c(c2)n(C)c(=O)n3C)=C(O)C1=O)c1ccc2c(c1)n(C)c(=O)n2C. The van der Waals surface area contributed by atoms with Gasteiger partial charge in [0.05, 0.1) is 60.3 Å². The Morgan fingerprint density at radius 2 is 0.935 bits per heavy atom. The third-order valence-corrected chi connectivity index (χ3v) is 8.72. The number of nitrogens with zero attached hydrogens (tertiary/aromatic N) is 4. The first-order valence-corrected chi connectivity index (χ1v) is 14.1. The molecule has 2 atom stereocenters. The van der Waals surface area contributed by atoms with Crippen molar-refractivity contribution in [3.8, 4) is 0 Å². The molecule has 2 heterocycles. The molecule has 0 spiro atoms. The zero-order valence-electron chi connectivity index (χ0n) is 26.0. The molecule has 2 aromatic heterocycles. The van der Waals surface area contributed by atoms with Gasteiger partial charge in [-0.3, -0.25) is 37.4 Å². The van der Waals surface area contributed by atoms with Crippen LogP contribution in [-0.2, 0) is 56.8 Å². The van der Waals surface area contributed by atoms with Gasteiger partial charge in [-0.25, -0.2) is 9.59 Å². The quantitative estimate of drug-likeness (QED) is 0.215. The molecule has 0 bridgehead atoms. The molecule has 0 unspecified atom stereocenters. The summed E-state index contributed by atoms with van der Waals surface area (Å²) in [5.41, 5.74) is 0.875. The number of aromatic nitrogens is 4. The van der Waals surface area contributed by atoms with Crippen molar-refractivity contribution in [2.75, 3.05) is 14.2 Å². The van der Waals surface area contributed by atoms with Gasteiger partial charge in [-0.1, -0.05) is 12.1 Å². The van der Waals surface area contributed by atoms with Crippen LogP contribution in [0.5, 0.6) is 0 Å². The van der Waals surface area contributed by atoms with Gasteiger partial charge < -0.3 is 19.7 Å². The minimum absolute atomic E-state index is 0.291. The third kappa shape index (κ3) is 4.91. The van der Waals surface area contributed by atoms with E-state index in [2.05, 4.69) is 0 Å². The molecule has 2 N–H and O–H groups in total. The highest BCUT2D eigenvalue weighted by Gasteiger charge is 2.43. The number of carbonyl (C=O) groups excluding carboxylic acids is 4. The van der Waals surface area contributed by atoms with E-state index in [1.165, 1.54) is 18.3 Å². The molecule has 1 aliphatic carbocycles. The summed E-state index contributed by atoms with van der Waals surface area (Å²) in [5, 5.41) is 22.7. The lowest BCUT2D eigenvalue weighted by Gasteiger charge is -2.27. The van der Waals surface area contributed by atoms with Gasteiger partial charge in [-0.05, 0) is 35.4 Å². The van der Waals surface area contributed by atoms with Crippen LogP contribution in [0, 0.1) is 0 Å². The van der Waals surface area contributed by atoms with Crippen molar-refractivity contribution in [3.05, 3.63) is 91.2 Å². The Hall–Kier alpha value is -5.66. The summed E-state index contributed by atoms with van der Waals surface area (Å²) < 4.78 is 15.2. The van der Waals surface area contributed by atoms with Crippen LogP contribution < -0.4 is 11.4 Å². The van der Waals surface area contributed by atoms with Crippen molar-refractivity contribution in [2.45, 2.75) is 24.7 Å². The number of benzene rings is 2. The normalized spacial score (nSPS) is 15.2. The lowest BCUT2D eigenvalue weighted by Crippen LogP contribution is -2.31. The number of aryl methyl sites for hydroxylation is 4. The number of hydrogen-bond acceptors (Lipinski definition) is 10. The zero-order chi connectivity index (χ0) is 33.8. The monoisotopic (exact) mass is 632 g/mol. The van der Waals surface area contributed by atoms with E-state index in [0.29, 0.717) is 33.2 Å². The summed E-state index contributed by atoms with van der Waals surface area (Å²) in [5.74, 6) is -8.37.